The maximum atomic E-state index is 12.5. The lowest BCUT2D eigenvalue weighted by Crippen LogP contribution is -2.37. The Kier molecular flexibility index (Phi) is 5.77. The summed E-state index contributed by atoms with van der Waals surface area (Å²) in [4.78, 5) is 23.5. The number of anilines is 1. The number of ketones is 1. The fraction of sp³-hybridized carbons (Fsp3) is 0.292. The van der Waals surface area contributed by atoms with Gasteiger partial charge in [-0.25, -0.2) is 9.97 Å². The Balaban J connectivity index is 1.45. The Hall–Kier alpha value is -3.25. The molecule has 0 amide bonds. The molecule has 0 saturated carbocycles. The molecule has 0 aliphatic carbocycles. The van der Waals surface area contributed by atoms with E-state index in [1.165, 1.54) is 0 Å². The maximum Gasteiger partial charge on any atom is 0.220 e. The summed E-state index contributed by atoms with van der Waals surface area (Å²) < 4.78 is 0. The third kappa shape index (κ3) is 4.49. The van der Waals surface area contributed by atoms with Crippen molar-refractivity contribution in [3.05, 3.63) is 71.4 Å². The van der Waals surface area contributed by atoms with Crippen LogP contribution in [0.25, 0.3) is 11.3 Å². The average molecular weight is 402 g/mol. The van der Waals surface area contributed by atoms with Crippen LogP contribution >= 0.6 is 0 Å². The van der Waals surface area contributed by atoms with Crippen LogP contribution in [-0.2, 0) is 0 Å². The monoisotopic (exact) mass is 402 g/mol. The van der Waals surface area contributed by atoms with Crippen LogP contribution in [0.4, 0.5) is 5.95 Å². The Labute approximate surface area is 176 Å². The number of hydrogen-bond donors (Lipinski definition) is 2. The van der Waals surface area contributed by atoms with E-state index < -0.39 is 0 Å². The Morgan fingerprint density at radius 3 is 2.57 bits per heavy atom. The molecule has 3 aromatic rings. The molecule has 0 spiro atoms. The number of carbonyl (C=O) groups excluding carboxylic acids is 1. The van der Waals surface area contributed by atoms with Gasteiger partial charge in [-0.2, -0.15) is 0 Å². The molecule has 2 aromatic carbocycles. The lowest BCUT2D eigenvalue weighted by Gasteiger charge is -2.31. The Morgan fingerprint density at radius 1 is 1.10 bits per heavy atom. The normalized spacial score (nSPS) is 15.2. The standard InChI is InChI=1S/C24H26N4O2/c1-16-7-8-22(29)19(13-16)21-14-20(26-24(25)27-21)17-9-11-28(12-10-17)15-23(30)18-5-3-2-4-6-18/h2-8,13-14,17,29H,9-12,15H2,1H3,(H2,25,26,27). The molecular weight excluding hydrogens is 376 g/mol. The van der Waals surface area contributed by atoms with Gasteiger partial charge >= 0.3 is 0 Å². The average Bonchev–Trinajstić information content (AvgIpc) is 2.76. The number of phenolic OH excluding ortho intramolecular Hbond substituents is 1. The number of Topliss-reactive ketones (excluding diaryl/α,β-unsaturated/α-hetero) is 1. The second-order valence-corrected chi connectivity index (χ2v) is 7.90. The van der Waals surface area contributed by atoms with Crippen LogP contribution in [0.2, 0.25) is 0 Å². The van der Waals surface area contributed by atoms with Crippen molar-refractivity contribution in [2.24, 2.45) is 0 Å². The fourth-order valence-corrected chi connectivity index (χ4v) is 3.99. The van der Waals surface area contributed by atoms with Crippen LogP contribution in [0.3, 0.4) is 0 Å². The van der Waals surface area contributed by atoms with Gasteiger partial charge in [0.2, 0.25) is 5.95 Å². The predicted molar refractivity (Wildman–Crippen MR) is 117 cm³/mol. The minimum Gasteiger partial charge on any atom is -0.507 e. The molecule has 3 N–H and O–H groups in total. The van der Waals surface area contributed by atoms with E-state index in [1.807, 2.05) is 55.5 Å². The van der Waals surface area contributed by atoms with Crippen molar-refractivity contribution < 1.29 is 9.90 Å². The van der Waals surface area contributed by atoms with Gasteiger partial charge in [0.25, 0.3) is 0 Å². The highest BCUT2D eigenvalue weighted by Gasteiger charge is 2.24. The number of aromatic nitrogens is 2. The largest absolute Gasteiger partial charge is 0.507 e. The van der Waals surface area contributed by atoms with Crippen molar-refractivity contribution >= 4 is 11.7 Å². The number of aromatic hydroxyl groups is 1. The van der Waals surface area contributed by atoms with Crippen molar-refractivity contribution in [1.29, 1.82) is 0 Å². The van der Waals surface area contributed by atoms with E-state index in [9.17, 15) is 9.90 Å². The first-order chi connectivity index (χ1) is 14.5. The molecular formula is C24H26N4O2. The van der Waals surface area contributed by atoms with E-state index >= 15 is 0 Å². The molecule has 1 fully saturated rings. The van der Waals surface area contributed by atoms with E-state index in [-0.39, 0.29) is 23.4 Å². The maximum absolute atomic E-state index is 12.5. The number of nitrogen functional groups attached to an aromatic ring is 1. The zero-order valence-electron chi connectivity index (χ0n) is 17.1. The summed E-state index contributed by atoms with van der Waals surface area (Å²) in [5.74, 6) is 0.797. The minimum atomic E-state index is 0.150. The van der Waals surface area contributed by atoms with E-state index in [2.05, 4.69) is 14.9 Å². The molecule has 1 aliphatic heterocycles. The molecule has 1 saturated heterocycles. The van der Waals surface area contributed by atoms with Crippen LogP contribution < -0.4 is 5.73 Å². The summed E-state index contributed by atoms with van der Waals surface area (Å²) in [5.41, 5.74) is 9.98. The van der Waals surface area contributed by atoms with Gasteiger partial charge in [0.1, 0.15) is 5.75 Å². The van der Waals surface area contributed by atoms with Crippen LogP contribution in [0.15, 0.2) is 54.6 Å². The lowest BCUT2D eigenvalue weighted by molar-refractivity contribution is 0.0909. The highest BCUT2D eigenvalue weighted by atomic mass is 16.3. The quantitative estimate of drug-likeness (QED) is 0.631. The molecule has 154 valence electrons. The topological polar surface area (TPSA) is 92.3 Å². The fourth-order valence-electron chi connectivity index (χ4n) is 3.99. The van der Waals surface area contributed by atoms with Gasteiger partial charge in [0, 0.05) is 22.7 Å². The van der Waals surface area contributed by atoms with Crippen molar-refractivity contribution in [1.82, 2.24) is 14.9 Å². The van der Waals surface area contributed by atoms with Crippen LogP contribution in [0.1, 0.15) is 40.4 Å². The Morgan fingerprint density at radius 2 is 1.83 bits per heavy atom. The molecule has 0 unspecified atom stereocenters. The molecule has 30 heavy (non-hydrogen) atoms. The van der Waals surface area contributed by atoms with Crippen molar-refractivity contribution in [3.63, 3.8) is 0 Å². The van der Waals surface area contributed by atoms with Gasteiger partial charge < -0.3 is 10.8 Å². The number of aryl methyl sites for hydroxylation is 1. The molecule has 0 atom stereocenters. The second-order valence-electron chi connectivity index (χ2n) is 7.90. The number of nitrogens with two attached hydrogens (primary N) is 1. The van der Waals surface area contributed by atoms with Gasteiger partial charge in [0.05, 0.1) is 12.2 Å². The summed E-state index contributed by atoms with van der Waals surface area (Å²) in [6.45, 7) is 4.07. The first-order valence-electron chi connectivity index (χ1n) is 10.2. The second kappa shape index (κ2) is 8.63. The number of phenols is 1. The van der Waals surface area contributed by atoms with E-state index in [0.29, 0.717) is 17.8 Å². The minimum absolute atomic E-state index is 0.150. The third-order valence-electron chi connectivity index (χ3n) is 5.66. The van der Waals surface area contributed by atoms with Gasteiger partial charge in [-0.05, 0) is 51.1 Å². The summed E-state index contributed by atoms with van der Waals surface area (Å²) in [5, 5.41) is 10.3. The van der Waals surface area contributed by atoms with Gasteiger partial charge in [0.15, 0.2) is 5.78 Å². The van der Waals surface area contributed by atoms with E-state index in [1.54, 1.807) is 6.07 Å². The van der Waals surface area contributed by atoms with Crippen molar-refractivity contribution in [3.8, 4) is 17.0 Å². The SMILES string of the molecule is Cc1ccc(O)c(-c2cc(C3CCN(CC(=O)c4ccccc4)CC3)nc(N)n2)c1. The van der Waals surface area contributed by atoms with Crippen molar-refractivity contribution in [2.45, 2.75) is 25.7 Å². The molecule has 0 bridgehead atoms. The molecule has 2 heterocycles. The highest BCUT2D eigenvalue weighted by molar-refractivity contribution is 5.97. The number of likely N-dealkylation sites (tertiary alicyclic amines) is 1. The zero-order chi connectivity index (χ0) is 21.1. The lowest BCUT2D eigenvalue weighted by atomic mass is 9.92. The van der Waals surface area contributed by atoms with E-state index in [4.69, 9.17) is 5.73 Å². The molecule has 1 aromatic heterocycles. The molecule has 0 radical (unpaired) electrons. The predicted octanol–water partition coefficient (Wildman–Crippen LogP) is 3.80. The summed E-state index contributed by atoms with van der Waals surface area (Å²) in [7, 11) is 0. The molecule has 4 rings (SSSR count). The molecule has 6 nitrogen and oxygen atoms in total. The van der Waals surface area contributed by atoms with Gasteiger partial charge in [-0.15, -0.1) is 0 Å². The number of benzene rings is 2. The van der Waals surface area contributed by atoms with Crippen LogP contribution in [-0.4, -0.2) is 45.4 Å². The van der Waals surface area contributed by atoms with Crippen LogP contribution in [0, 0.1) is 6.92 Å². The van der Waals surface area contributed by atoms with Gasteiger partial charge in [-0.1, -0.05) is 42.0 Å². The highest BCUT2D eigenvalue weighted by Crippen LogP contribution is 2.33. The number of rotatable bonds is 5. The molecule has 1 aliphatic rings. The summed E-state index contributed by atoms with van der Waals surface area (Å²) in [6, 6.07) is 16.8. The summed E-state index contributed by atoms with van der Waals surface area (Å²) in [6.07, 6.45) is 1.80. The smallest absolute Gasteiger partial charge is 0.220 e. The molecule has 6 heteroatoms. The number of carbonyl (C=O) groups is 1. The summed E-state index contributed by atoms with van der Waals surface area (Å²) >= 11 is 0. The first kappa shape index (κ1) is 20.0. The van der Waals surface area contributed by atoms with Crippen molar-refractivity contribution in [2.75, 3.05) is 25.4 Å². The van der Waals surface area contributed by atoms with Crippen LogP contribution in [0.5, 0.6) is 5.75 Å². The number of hydrogen-bond acceptors (Lipinski definition) is 6. The van der Waals surface area contributed by atoms with Gasteiger partial charge in [-0.3, -0.25) is 9.69 Å². The number of nitrogens with zero attached hydrogens (tertiary/aromatic N) is 3. The Bertz CT molecular complexity index is 1040. The zero-order valence-corrected chi connectivity index (χ0v) is 17.1. The van der Waals surface area contributed by atoms with E-state index in [0.717, 1.165) is 42.8 Å². The number of piperidine rings is 1. The third-order valence-corrected chi connectivity index (χ3v) is 5.66. The first-order valence-corrected chi connectivity index (χ1v) is 10.2.